The third-order valence-electron chi connectivity index (χ3n) is 3.81. The smallest absolute Gasteiger partial charge is 0.0598 e. The molecule has 96 valence electrons. The topological polar surface area (TPSA) is 38.0 Å². The van der Waals surface area contributed by atoms with Crippen LogP contribution in [0.1, 0.15) is 50.4 Å². The largest absolute Gasteiger partial charge is 0.393 e. The summed E-state index contributed by atoms with van der Waals surface area (Å²) in [5.74, 6) is 0.754. The number of aliphatic hydroxyl groups is 1. The molecule has 0 aromatic carbocycles. The van der Waals surface area contributed by atoms with Crippen LogP contribution in [0.3, 0.4) is 0 Å². The van der Waals surface area contributed by atoms with Gasteiger partial charge in [-0.1, -0.05) is 25.7 Å². The van der Waals surface area contributed by atoms with E-state index in [0.29, 0.717) is 0 Å². The summed E-state index contributed by atoms with van der Waals surface area (Å²) in [7, 11) is 0. The monoisotopic (exact) mass is 236 g/mol. The van der Waals surface area contributed by atoms with E-state index >= 15 is 0 Å². The van der Waals surface area contributed by atoms with E-state index in [0.717, 1.165) is 31.0 Å². The zero-order valence-corrected chi connectivity index (χ0v) is 11.0. The van der Waals surface area contributed by atoms with Gasteiger partial charge in [0.05, 0.1) is 11.8 Å². The molecule has 1 fully saturated rings. The highest BCUT2D eigenvalue weighted by molar-refractivity contribution is 5.10. The van der Waals surface area contributed by atoms with Crippen molar-refractivity contribution < 1.29 is 5.11 Å². The number of rotatable bonds is 5. The summed E-state index contributed by atoms with van der Waals surface area (Å²) in [5.41, 5.74) is 2.23. The Morgan fingerprint density at radius 3 is 2.82 bits per heavy atom. The van der Waals surface area contributed by atoms with Crippen molar-refractivity contribution in [2.75, 3.05) is 0 Å². The highest BCUT2D eigenvalue weighted by atomic mass is 16.3. The van der Waals surface area contributed by atoms with Crippen molar-refractivity contribution in [2.24, 2.45) is 5.92 Å². The zero-order chi connectivity index (χ0) is 12.3. The fourth-order valence-electron chi connectivity index (χ4n) is 2.99. The molecule has 1 saturated carbocycles. The van der Waals surface area contributed by atoms with Crippen molar-refractivity contribution in [3.8, 4) is 0 Å². The Bertz CT molecular complexity index is 353. The third kappa shape index (κ3) is 3.32. The Labute approximate surface area is 104 Å². The predicted molar refractivity (Wildman–Crippen MR) is 68.9 cm³/mol. The molecule has 1 atom stereocenters. The summed E-state index contributed by atoms with van der Waals surface area (Å²) in [6.07, 6.45) is 6.84. The summed E-state index contributed by atoms with van der Waals surface area (Å²) < 4.78 is 2.01. The van der Waals surface area contributed by atoms with Crippen LogP contribution in [0, 0.1) is 12.8 Å². The number of hydrogen-bond acceptors (Lipinski definition) is 2. The van der Waals surface area contributed by atoms with Gasteiger partial charge in [0.1, 0.15) is 0 Å². The van der Waals surface area contributed by atoms with Crippen LogP contribution in [0.15, 0.2) is 6.07 Å². The Hall–Kier alpha value is -0.830. The minimum Gasteiger partial charge on any atom is -0.393 e. The van der Waals surface area contributed by atoms with Gasteiger partial charge in [-0.15, -0.1) is 0 Å². The van der Waals surface area contributed by atoms with E-state index < -0.39 is 0 Å². The van der Waals surface area contributed by atoms with Crippen LogP contribution in [-0.2, 0) is 13.0 Å². The third-order valence-corrected chi connectivity index (χ3v) is 3.81. The van der Waals surface area contributed by atoms with Gasteiger partial charge in [-0.25, -0.2) is 0 Å². The second kappa shape index (κ2) is 5.67. The van der Waals surface area contributed by atoms with E-state index in [1.165, 1.54) is 31.4 Å². The summed E-state index contributed by atoms with van der Waals surface area (Å²) in [6, 6.07) is 2.10. The van der Waals surface area contributed by atoms with Gasteiger partial charge in [0.15, 0.2) is 0 Å². The van der Waals surface area contributed by atoms with Gasteiger partial charge in [-0.3, -0.25) is 4.68 Å². The highest BCUT2D eigenvalue weighted by Gasteiger charge is 2.20. The van der Waals surface area contributed by atoms with Gasteiger partial charge in [0.2, 0.25) is 0 Å². The minimum atomic E-state index is -0.195. The molecule has 0 amide bonds. The van der Waals surface area contributed by atoms with E-state index in [1.807, 2.05) is 11.6 Å². The molecule has 0 saturated heterocycles. The van der Waals surface area contributed by atoms with Crippen molar-refractivity contribution in [3.05, 3.63) is 17.5 Å². The van der Waals surface area contributed by atoms with Gasteiger partial charge >= 0.3 is 0 Å². The van der Waals surface area contributed by atoms with Crippen LogP contribution in [-0.4, -0.2) is 21.0 Å². The fourth-order valence-corrected chi connectivity index (χ4v) is 2.99. The molecular weight excluding hydrogens is 212 g/mol. The lowest BCUT2D eigenvalue weighted by molar-refractivity contribution is 0.141. The molecule has 1 aromatic heterocycles. The number of aliphatic hydroxyl groups excluding tert-OH is 1. The zero-order valence-electron chi connectivity index (χ0n) is 11.0. The summed E-state index contributed by atoms with van der Waals surface area (Å²) in [4.78, 5) is 0. The maximum absolute atomic E-state index is 10.2. The van der Waals surface area contributed by atoms with Crippen LogP contribution in [0.5, 0.6) is 0 Å². The molecular formula is C14H24N2O. The second-order valence-corrected chi connectivity index (χ2v) is 5.34. The molecule has 1 heterocycles. The van der Waals surface area contributed by atoms with E-state index in [2.05, 4.69) is 18.1 Å². The van der Waals surface area contributed by atoms with E-state index in [-0.39, 0.29) is 6.10 Å². The Kier molecular flexibility index (Phi) is 4.21. The van der Waals surface area contributed by atoms with Crippen molar-refractivity contribution in [1.82, 2.24) is 9.78 Å². The molecule has 3 heteroatoms. The lowest BCUT2D eigenvalue weighted by atomic mass is 9.97. The Morgan fingerprint density at radius 2 is 2.18 bits per heavy atom. The van der Waals surface area contributed by atoms with Crippen LogP contribution < -0.4 is 0 Å². The molecule has 3 nitrogen and oxygen atoms in total. The molecule has 0 bridgehead atoms. The normalized spacial score (nSPS) is 18.8. The van der Waals surface area contributed by atoms with Crippen LogP contribution in [0.25, 0.3) is 0 Å². The number of aryl methyl sites for hydroxylation is 2. The molecule has 2 rings (SSSR count). The molecule has 0 radical (unpaired) electrons. The average Bonchev–Trinajstić information content (AvgIpc) is 2.88. The average molecular weight is 236 g/mol. The lowest BCUT2D eigenvalue weighted by Gasteiger charge is -2.15. The first-order valence-corrected chi connectivity index (χ1v) is 6.90. The maximum atomic E-state index is 10.2. The molecule has 1 aliphatic rings. The Balaban J connectivity index is 1.90. The quantitative estimate of drug-likeness (QED) is 0.853. The minimum absolute atomic E-state index is 0.195. The molecule has 1 unspecified atom stereocenters. The van der Waals surface area contributed by atoms with Crippen molar-refractivity contribution in [3.63, 3.8) is 0 Å². The van der Waals surface area contributed by atoms with Crippen molar-refractivity contribution in [2.45, 2.75) is 65.0 Å². The molecule has 0 spiro atoms. The SMILES string of the molecule is CCn1nc(C)cc1CC(O)CC1CCCC1. The Morgan fingerprint density at radius 1 is 1.47 bits per heavy atom. The van der Waals surface area contributed by atoms with Crippen molar-refractivity contribution >= 4 is 0 Å². The molecule has 17 heavy (non-hydrogen) atoms. The summed E-state index contributed by atoms with van der Waals surface area (Å²) in [6.45, 7) is 5.00. The van der Waals surface area contributed by atoms with Gasteiger partial charge in [0.25, 0.3) is 0 Å². The number of nitrogens with zero attached hydrogens (tertiary/aromatic N) is 2. The van der Waals surface area contributed by atoms with Gasteiger partial charge < -0.3 is 5.11 Å². The first kappa shape index (κ1) is 12.6. The van der Waals surface area contributed by atoms with E-state index in [1.54, 1.807) is 0 Å². The molecule has 1 N–H and O–H groups in total. The summed E-state index contributed by atoms with van der Waals surface area (Å²) in [5, 5.41) is 14.6. The molecule has 1 aromatic rings. The van der Waals surface area contributed by atoms with Crippen LogP contribution >= 0.6 is 0 Å². The van der Waals surface area contributed by atoms with Crippen LogP contribution in [0.4, 0.5) is 0 Å². The second-order valence-electron chi connectivity index (χ2n) is 5.34. The van der Waals surface area contributed by atoms with Crippen LogP contribution in [0.2, 0.25) is 0 Å². The number of hydrogen-bond donors (Lipinski definition) is 1. The summed E-state index contributed by atoms with van der Waals surface area (Å²) >= 11 is 0. The predicted octanol–water partition coefficient (Wildman–Crippen LogP) is 2.70. The van der Waals surface area contributed by atoms with Gasteiger partial charge in [0, 0.05) is 18.7 Å². The van der Waals surface area contributed by atoms with E-state index in [9.17, 15) is 5.11 Å². The standard InChI is InChI=1S/C14H24N2O/c1-3-16-13(8-11(2)15-16)10-14(17)9-12-6-4-5-7-12/h8,12,14,17H,3-7,9-10H2,1-2H3. The molecule has 0 aliphatic heterocycles. The fraction of sp³-hybridized carbons (Fsp3) is 0.786. The first-order chi connectivity index (χ1) is 8.19. The highest BCUT2D eigenvalue weighted by Crippen LogP contribution is 2.29. The lowest BCUT2D eigenvalue weighted by Crippen LogP contribution is -2.17. The van der Waals surface area contributed by atoms with Crippen molar-refractivity contribution in [1.29, 1.82) is 0 Å². The first-order valence-electron chi connectivity index (χ1n) is 6.90. The maximum Gasteiger partial charge on any atom is 0.0598 e. The molecule has 1 aliphatic carbocycles. The van der Waals surface area contributed by atoms with Gasteiger partial charge in [-0.05, 0) is 32.3 Å². The van der Waals surface area contributed by atoms with E-state index in [4.69, 9.17) is 0 Å². The number of aromatic nitrogens is 2. The van der Waals surface area contributed by atoms with Gasteiger partial charge in [-0.2, -0.15) is 5.10 Å².